The highest BCUT2D eigenvalue weighted by molar-refractivity contribution is 7.71. The van der Waals surface area contributed by atoms with Gasteiger partial charge >= 0.3 is 0 Å². The Bertz CT molecular complexity index is 1450. The molecule has 0 spiro atoms. The zero-order chi connectivity index (χ0) is 23.7. The van der Waals surface area contributed by atoms with Crippen LogP contribution in [0.2, 0.25) is 0 Å². The van der Waals surface area contributed by atoms with Crippen molar-refractivity contribution in [2.75, 3.05) is 38.2 Å². The fourth-order valence-corrected chi connectivity index (χ4v) is 4.57. The number of furan rings is 1. The minimum atomic E-state index is -0.223. The smallest absolute Gasteiger partial charge is 0.262 e. The summed E-state index contributed by atoms with van der Waals surface area (Å²) in [6.45, 7) is 2.85. The number of fused-ring (bicyclic) bond motifs is 1. The summed E-state index contributed by atoms with van der Waals surface area (Å²) >= 11 is 5.41. The topological polar surface area (TPSA) is 83.7 Å². The van der Waals surface area contributed by atoms with E-state index in [0.29, 0.717) is 48.4 Å². The standard InChI is InChI=1S/C25H24N4O4S/c1-32-22-7-3-2-6-21(22)27-10-12-28(13-11-27)23(30)17-8-9-19-20(15-17)26-25(34)29(24(19)31)16-18-5-4-14-33-18/h2-9,14-15H,10-13,16H2,1H3,(H,26,34). The SMILES string of the molecule is COc1ccccc1N1CCN(C(=O)c2ccc3c(=O)n(Cc4ccco4)c(=S)[nH]c3c2)CC1. The van der Waals surface area contributed by atoms with Crippen LogP contribution >= 0.6 is 12.2 Å². The molecular formula is C25H24N4O4S. The lowest BCUT2D eigenvalue weighted by Gasteiger charge is -2.36. The summed E-state index contributed by atoms with van der Waals surface area (Å²) in [4.78, 5) is 33.4. The van der Waals surface area contributed by atoms with Crippen LogP contribution in [0, 0.1) is 4.77 Å². The third-order valence-electron chi connectivity index (χ3n) is 6.12. The lowest BCUT2D eigenvalue weighted by Crippen LogP contribution is -2.48. The number of aromatic nitrogens is 2. The van der Waals surface area contributed by atoms with Gasteiger partial charge in [0.1, 0.15) is 11.5 Å². The Balaban J connectivity index is 1.35. The number of carbonyl (C=O) groups excluding carboxylic acids is 1. The molecule has 8 nitrogen and oxygen atoms in total. The zero-order valence-corrected chi connectivity index (χ0v) is 19.5. The summed E-state index contributed by atoms with van der Waals surface area (Å²) in [6.07, 6.45) is 1.56. The van der Waals surface area contributed by atoms with Crippen LogP contribution in [0.5, 0.6) is 5.75 Å². The van der Waals surface area contributed by atoms with Gasteiger partial charge in [-0.3, -0.25) is 14.2 Å². The number of amides is 1. The van der Waals surface area contributed by atoms with E-state index in [9.17, 15) is 9.59 Å². The molecule has 0 unspecified atom stereocenters. The summed E-state index contributed by atoms with van der Waals surface area (Å²) in [7, 11) is 1.66. The van der Waals surface area contributed by atoms with E-state index in [0.717, 1.165) is 11.4 Å². The number of piperazine rings is 1. The van der Waals surface area contributed by atoms with E-state index in [-0.39, 0.29) is 22.8 Å². The Kier molecular flexibility index (Phi) is 5.93. The average Bonchev–Trinajstić information content (AvgIpc) is 3.39. The normalized spacial score (nSPS) is 13.9. The number of methoxy groups -OCH3 is 1. The van der Waals surface area contributed by atoms with Crippen molar-refractivity contribution in [1.29, 1.82) is 0 Å². The molecule has 3 heterocycles. The highest BCUT2D eigenvalue weighted by atomic mass is 32.1. The van der Waals surface area contributed by atoms with Crippen molar-refractivity contribution in [3.8, 4) is 5.75 Å². The number of nitrogens with one attached hydrogen (secondary N) is 1. The summed E-state index contributed by atoms with van der Waals surface area (Å²) in [5.74, 6) is 1.39. The molecule has 2 aromatic heterocycles. The van der Waals surface area contributed by atoms with Crippen LogP contribution in [-0.2, 0) is 6.54 Å². The van der Waals surface area contributed by atoms with E-state index < -0.39 is 0 Å². The van der Waals surface area contributed by atoms with Crippen molar-refractivity contribution < 1.29 is 13.9 Å². The molecule has 9 heteroatoms. The number of anilines is 1. The quantitative estimate of drug-likeness (QED) is 0.443. The lowest BCUT2D eigenvalue weighted by molar-refractivity contribution is 0.0747. The van der Waals surface area contributed by atoms with E-state index in [1.165, 1.54) is 4.57 Å². The minimum absolute atomic E-state index is 0.0688. The highest BCUT2D eigenvalue weighted by Crippen LogP contribution is 2.28. The molecular weight excluding hydrogens is 452 g/mol. The third kappa shape index (κ3) is 4.10. The summed E-state index contributed by atoms with van der Waals surface area (Å²) in [5.41, 5.74) is 1.87. The van der Waals surface area contributed by atoms with Crippen molar-refractivity contribution in [3.05, 3.63) is 87.3 Å². The molecule has 2 aromatic carbocycles. The zero-order valence-electron chi connectivity index (χ0n) is 18.7. The summed E-state index contributed by atoms with van der Waals surface area (Å²) < 4.78 is 12.6. The number of benzene rings is 2. The molecule has 1 fully saturated rings. The number of hydrogen-bond acceptors (Lipinski definition) is 6. The van der Waals surface area contributed by atoms with Gasteiger partial charge < -0.3 is 23.9 Å². The van der Waals surface area contributed by atoms with Gasteiger partial charge in [0.05, 0.1) is 36.5 Å². The fourth-order valence-electron chi connectivity index (χ4n) is 4.31. The molecule has 5 rings (SSSR count). The van der Waals surface area contributed by atoms with E-state index in [1.807, 2.05) is 29.2 Å². The second-order valence-corrected chi connectivity index (χ2v) is 8.50. The number of carbonyl (C=O) groups is 1. The van der Waals surface area contributed by atoms with Crippen molar-refractivity contribution in [2.24, 2.45) is 0 Å². The van der Waals surface area contributed by atoms with Crippen LogP contribution in [0.3, 0.4) is 0 Å². The van der Waals surface area contributed by atoms with Crippen LogP contribution in [0.25, 0.3) is 10.9 Å². The molecule has 1 aliphatic rings. The first kappa shape index (κ1) is 22.0. The first-order chi connectivity index (χ1) is 16.5. The van der Waals surface area contributed by atoms with Gasteiger partial charge in [-0.15, -0.1) is 0 Å². The maximum atomic E-state index is 13.2. The summed E-state index contributed by atoms with van der Waals surface area (Å²) in [5, 5.41) is 0.470. The van der Waals surface area contributed by atoms with Gasteiger partial charge in [0.2, 0.25) is 0 Å². The molecule has 1 N–H and O–H groups in total. The van der Waals surface area contributed by atoms with Gasteiger partial charge in [-0.2, -0.15) is 0 Å². The summed E-state index contributed by atoms with van der Waals surface area (Å²) in [6, 6.07) is 16.5. The Morgan fingerprint density at radius 3 is 2.62 bits per heavy atom. The number of nitrogens with zero attached hydrogens (tertiary/aromatic N) is 3. The van der Waals surface area contributed by atoms with Gasteiger partial charge in [0.15, 0.2) is 4.77 Å². The van der Waals surface area contributed by atoms with Crippen LogP contribution < -0.4 is 15.2 Å². The lowest BCUT2D eigenvalue weighted by atomic mass is 10.1. The molecule has 1 amide bonds. The maximum Gasteiger partial charge on any atom is 0.262 e. The molecule has 34 heavy (non-hydrogen) atoms. The van der Waals surface area contributed by atoms with Gasteiger partial charge in [0.25, 0.3) is 11.5 Å². The van der Waals surface area contributed by atoms with Crippen molar-refractivity contribution in [2.45, 2.75) is 6.54 Å². The number of hydrogen-bond donors (Lipinski definition) is 1. The Labute approximate surface area is 201 Å². The van der Waals surface area contributed by atoms with Crippen molar-refractivity contribution in [3.63, 3.8) is 0 Å². The predicted molar refractivity (Wildman–Crippen MR) is 132 cm³/mol. The Morgan fingerprint density at radius 2 is 1.88 bits per heavy atom. The van der Waals surface area contributed by atoms with Crippen LogP contribution in [0.4, 0.5) is 5.69 Å². The highest BCUT2D eigenvalue weighted by Gasteiger charge is 2.24. The predicted octanol–water partition coefficient (Wildman–Crippen LogP) is 3.67. The van der Waals surface area contributed by atoms with Crippen LogP contribution in [-0.4, -0.2) is 53.6 Å². The first-order valence-electron chi connectivity index (χ1n) is 11.0. The number of rotatable bonds is 5. The van der Waals surface area contributed by atoms with E-state index in [2.05, 4.69) is 9.88 Å². The molecule has 0 saturated carbocycles. The molecule has 4 aromatic rings. The number of ether oxygens (including phenoxy) is 1. The minimum Gasteiger partial charge on any atom is -0.495 e. The van der Waals surface area contributed by atoms with Crippen molar-refractivity contribution in [1.82, 2.24) is 14.5 Å². The molecule has 0 bridgehead atoms. The van der Waals surface area contributed by atoms with Gasteiger partial charge in [0, 0.05) is 31.7 Å². The molecule has 1 saturated heterocycles. The number of H-pyrrole nitrogens is 1. The molecule has 0 radical (unpaired) electrons. The van der Waals surface area contributed by atoms with Crippen LogP contribution in [0.1, 0.15) is 16.1 Å². The van der Waals surface area contributed by atoms with E-state index >= 15 is 0 Å². The maximum absolute atomic E-state index is 13.2. The van der Waals surface area contributed by atoms with E-state index in [4.69, 9.17) is 21.4 Å². The monoisotopic (exact) mass is 476 g/mol. The Morgan fingerprint density at radius 1 is 1.09 bits per heavy atom. The van der Waals surface area contributed by atoms with Crippen molar-refractivity contribution >= 4 is 34.7 Å². The first-order valence-corrected chi connectivity index (χ1v) is 11.4. The number of para-hydroxylation sites is 2. The molecule has 174 valence electrons. The average molecular weight is 477 g/mol. The van der Waals surface area contributed by atoms with Gasteiger partial charge in [-0.25, -0.2) is 0 Å². The van der Waals surface area contributed by atoms with Gasteiger partial charge in [-0.05, 0) is 54.7 Å². The Hall–Kier alpha value is -3.85. The van der Waals surface area contributed by atoms with Gasteiger partial charge in [-0.1, -0.05) is 12.1 Å². The third-order valence-corrected chi connectivity index (χ3v) is 6.44. The molecule has 0 atom stereocenters. The molecule has 0 aliphatic carbocycles. The van der Waals surface area contributed by atoms with E-state index in [1.54, 1.807) is 43.7 Å². The second kappa shape index (κ2) is 9.18. The fraction of sp³-hybridized carbons (Fsp3) is 0.240. The molecule has 1 aliphatic heterocycles. The largest absolute Gasteiger partial charge is 0.495 e. The van der Waals surface area contributed by atoms with Crippen LogP contribution in [0.15, 0.2) is 70.1 Å². The number of aromatic amines is 1. The second-order valence-electron chi connectivity index (χ2n) is 8.11.